The number of benzene rings is 1. The van der Waals surface area contributed by atoms with E-state index in [1.54, 1.807) is 4.52 Å². The molecule has 0 unspecified atom stereocenters. The summed E-state index contributed by atoms with van der Waals surface area (Å²) >= 11 is 6.16. The van der Waals surface area contributed by atoms with Crippen molar-refractivity contribution in [2.75, 3.05) is 31.1 Å². The van der Waals surface area contributed by atoms with E-state index in [1.165, 1.54) is 0 Å². The minimum absolute atomic E-state index is 0.107. The van der Waals surface area contributed by atoms with Crippen LogP contribution in [0.2, 0.25) is 5.02 Å². The van der Waals surface area contributed by atoms with Crippen molar-refractivity contribution in [1.29, 1.82) is 0 Å². The van der Waals surface area contributed by atoms with E-state index >= 15 is 0 Å². The zero-order valence-electron chi connectivity index (χ0n) is 14.5. The number of nitrogens with zero attached hydrogens (tertiary/aromatic N) is 6. The molecule has 2 aromatic heterocycles. The predicted octanol–water partition coefficient (Wildman–Crippen LogP) is 1.98. The van der Waals surface area contributed by atoms with Crippen LogP contribution in [0.15, 0.2) is 36.4 Å². The van der Waals surface area contributed by atoms with E-state index in [1.807, 2.05) is 48.2 Å². The van der Waals surface area contributed by atoms with Gasteiger partial charge in [0.2, 0.25) is 5.91 Å². The number of aromatic nitrogens is 4. The van der Waals surface area contributed by atoms with Crippen LogP contribution in [0, 0.1) is 6.92 Å². The van der Waals surface area contributed by atoms with Gasteiger partial charge in [-0.1, -0.05) is 29.8 Å². The lowest BCUT2D eigenvalue weighted by Crippen LogP contribution is -2.49. The first-order valence-corrected chi connectivity index (χ1v) is 8.95. The van der Waals surface area contributed by atoms with Crippen molar-refractivity contribution in [2.45, 2.75) is 13.3 Å². The molecule has 134 valence electrons. The SMILES string of the molecule is Cc1nnc2ccc(N3CCN(C(=O)Cc4ccccc4Cl)CC3)nn12. The number of fused-ring (bicyclic) bond motifs is 1. The molecule has 3 heterocycles. The van der Waals surface area contributed by atoms with Gasteiger partial charge < -0.3 is 9.80 Å². The van der Waals surface area contributed by atoms with Crippen LogP contribution >= 0.6 is 11.6 Å². The second kappa shape index (κ2) is 6.92. The molecule has 0 spiro atoms. The molecule has 0 N–H and O–H groups in total. The Hall–Kier alpha value is -2.67. The van der Waals surface area contributed by atoms with Gasteiger partial charge in [-0.25, -0.2) is 0 Å². The van der Waals surface area contributed by atoms with Crippen molar-refractivity contribution in [3.8, 4) is 0 Å². The Morgan fingerprint density at radius 1 is 1.08 bits per heavy atom. The summed E-state index contributed by atoms with van der Waals surface area (Å²) in [4.78, 5) is 16.6. The Kier molecular flexibility index (Phi) is 4.46. The van der Waals surface area contributed by atoms with E-state index in [9.17, 15) is 4.79 Å². The van der Waals surface area contributed by atoms with Gasteiger partial charge in [0.1, 0.15) is 5.82 Å². The van der Waals surface area contributed by atoms with Gasteiger partial charge in [0.05, 0.1) is 6.42 Å². The number of carbonyl (C=O) groups is 1. The molecule has 0 radical (unpaired) electrons. The lowest BCUT2D eigenvalue weighted by molar-refractivity contribution is -0.130. The van der Waals surface area contributed by atoms with Crippen LogP contribution in [0.3, 0.4) is 0 Å². The second-order valence-corrected chi connectivity index (χ2v) is 6.75. The molecule has 26 heavy (non-hydrogen) atoms. The molecule has 7 nitrogen and oxygen atoms in total. The smallest absolute Gasteiger partial charge is 0.227 e. The van der Waals surface area contributed by atoms with E-state index in [0.29, 0.717) is 24.5 Å². The Bertz CT molecular complexity index is 948. The van der Waals surface area contributed by atoms with Gasteiger partial charge in [0, 0.05) is 31.2 Å². The van der Waals surface area contributed by atoms with Crippen molar-refractivity contribution >= 4 is 29.0 Å². The van der Waals surface area contributed by atoms with Crippen LogP contribution in [0.5, 0.6) is 0 Å². The molecular weight excluding hydrogens is 352 g/mol. The number of anilines is 1. The molecule has 1 amide bonds. The molecule has 1 aliphatic heterocycles. The Balaban J connectivity index is 1.41. The third-order valence-corrected chi connectivity index (χ3v) is 5.03. The lowest BCUT2D eigenvalue weighted by atomic mass is 10.1. The van der Waals surface area contributed by atoms with Gasteiger partial charge in [0.25, 0.3) is 0 Å². The number of halogens is 1. The zero-order valence-corrected chi connectivity index (χ0v) is 15.2. The molecule has 0 atom stereocenters. The lowest BCUT2D eigenvalue weighted by Gasteiger charge is -2.35. The van der Waals surface area contributed by atoms with Gasteiger partial charge >= 0.3 is 0 Å². The van der Waals surface area contributed by atoms with Crippen LogP contribution in [0.4, 0.5) is 5.82 Å². The highest BCUT2D eigenvalue weighted by atomic mass is 35.5. The summed E-state index contributed by atoms with van der Waals surface area (Å²) in [5, 5.41) is 13.3. The quantitative estimate of drug-likeness (QED) is 0.705. The van der Waals surface area contributed by atoms with Crippen LogP contribution in [0.25, 0.3) is 5.65 Å². The van der Waals surface area contributed by atoms with Crippen molar-refractivity contribution in [3.63, 3.8) is 0 Å². The second-order valence-electron chi connectivity index (χ2n) is 6.34. The number of rotatable bonds is 3. The molecule has 1 aromatic carbocycles. The number of hydrogen-bond acceptors (Lipinski definition) is 5. The third kappa shape index (κ3) is 3.22. The summed E-state index contributed by atoms with van der Waals surface area (Å²) in [5.41, 5.74) is 1.61. The number of carbonyl (C=O) groups excluding carboxylic acids is 1. The average molecular weight is 371 g/mol. The largest absolute Gasteiger partial charge is 0.352 e. The van der Waals surface area contributed by atoms with E-state index in [4.69, 9.17) is 11.6 Å². The average Bonchev–Trinajstić information content (AvgIpc) is 3.04. The highest BCUT2D eigenvalue weighted by Gasteiger charge is 2.23. The summed E-state index contributed by atoms with van der Waals surface area (Å²) in [6.07, 6.45) is 0.337. The van der Waals surface area contributed by atoms with Crippen LogP contribution in [0.1, 0.15) is 11.4 Å². The fraction of sp³-hybridized carbons (Fsp3) is 0.333. The molecule has 8 heteroatoms. The number of piperazine rings is 1. The molecule has 1 fully saturated rings. The summed E-state index contributed by atoms with van der Waals surface area (Å²) in [5.74, 6) is 1.74. The van der Waals surface area contributed by atoms with E-state index in [-0.39, 0.29) is 5.91 Å². The normalized spacial score (nSPS) is 14.8. The molecule has 0 aliphatic carbocycles. The Morgan fingerprint density at radius 3 is 2.62 bits per heavy atom. The minimum Gasteiger partial charge on any atom is -0.352 e. The molecule has 3 aromatic rings. The van der Waals surface area contributed by atoms with E-state index in [2.05, 4.69) is 20.2 Å². The predicted molar refractivity (Wildman–Crippen MR) is 99.5 cm³/mol. The molecule has 1 saturated heterocycles. The maximum absolute atomic E-state index is 12.6. The van der Waals surface area contributed by atoms with Gasteiger partial charge in [-0.2, -0.15) is 4.52 Å². The van der Waals surface area contributed by atoms with Gasteiger partial charge in [-0.15, -0.1) is 15.3 Å². The Labute approximate surface area is 156 Å². The number of amides is 1. The Morgan fingerprint density at radius 2 is 1.85 bits per heavy atom. The van der Waals surface area contributed by atoms with Crippen LogP contribution in [-0.4, -0.2) is 56.8 Å². The van der Waals surface area contributed by atoms with Crippen molar-refractivity contribution in [2.24, 2.45) is 0 Å². The summed E-state index contributed by atoms with van der Waals surface area (Å²) in [7, 11) is 0. The first-order chi connectivity index (χ1) is 12.6. The molecule has 1 aliphatic rings. The standard InChI is InChI=1S/C18H19ClN6O/c1-13-20-21-16-6-7-17(22-25(13)16)23-8-10-24(11-9-23)18(26)12-14-4-2-3-5-15(14)19/h2-7H,8-12H2,1H3. The van der Waals surface area contributed by atoms with Crippen LogP contribution < -0.4 is 4.90 Å². The van der Waals surface area contributed by atoms with Crippen LogP contribution in [-0.2, 0) is 11.2 Å². The third-order valence-electron chi connectivity index (χ3n) is 4.66. The molecule has 0 bridgehead atoms. The van der Waals surface area contributed by atoms with Gasteiger partial charge in [-0.05, 0) is 30.7 Å². The minimum atomic E-state index is 0.107. The van der Waals surface area contributed by atoms with E-state index < -0.39 is 0 Å². The zero-order chi connectivity index (χ0) is 18.1. The highest BCUT2D eigenvalue weighted by Crippen LogP contribution is 2.18. The maximum Gasteiger partial charge on any atom is 0.227 e. The maximum atomic E-state index is 12.6. The fourth-order valence-corrected chi connectivity index (χ4v) is 3.36. The molecule has 0 saturated carbocycles. The molecule has 4 rings (SSSR count). The first kappa shape index (κ1) is 16.8. The summed E-state index contributed by atoms with van der Waals surface area (Å²) in [6, 6.07) is 11.4. The number of aryl methyl sites for hydroxylation is 1. The molecular formula is C18H19ClN6O. The van der Waals surface area contributed by atoms with E-state index in [0.717, 1.165) is 35.9 Å². The fourth-order valence-electron chi connectivity index (χ4n) is 3.16. The number of hydrogen-bond donors (Lipinski definition) is 0. The van der Waals surface area contributed by atoms with Crippen molar-refractivity contribution in [1.82, 2.24) is 24.7 Å². The van der Waals surface area contributed by atoms with Gasteiger partial charge in [-0.3, -0.25) is 4.79 Å². The topological polar surface area (TPSA) is 66.6 Å². The highest BCUT2D eigenvalue weighted by molar-refractivity contribution is 6.31. The monoisotopic (exact) mass is 370 g/mol. The van der Waals surface area contributed by atoms with Crippen molar-refractivity contribution in [3.05, 3.63) is 52.8 Å². The first-order valence-electron chi connectivity index (χ1n) is 8.57. The summed E-state index contributed by atoms with van der Waals surface area (Å²) in [6.45, 7) is 4.71. The van der Waals surface area contributed by atoms with Crippen molar-refractivity contribution < 1.29 is 4.79 Å². The van der Waals surface area contributed by atoms with Gasteiger partial charge in [0.15, 0.2) is 11.5 Å². The summed E-state index contributed by atoms with van der Waals surface area (Å²) < 4.78 is 1.74.